The van der Waals surface area contributed by atoms with Crippen molar-refractivity contribution in [2.45, 2.75) is 6.42 Å². The number of hydrogen-bond acceptors (Lipinski definition) is 5. The van der Waals surface area contributed by atoms with Crippen molar-refractivity contribution in [1.29, 1.82) is 0 Å². The highest BCUT2D eigenvalue weighted by atomic mass is 35.5. The predicted molar refractivity (Wildman–Crippen MR) is 65.3 cm³/mol. The highest BCUT2D eigenvalue weighted by Gasteiger charge is 2.06. The average molecular weight is 251 g/mol. The monoisotopic (exact) mass is 250 g/mol. The second-order valence-corrected chi connectivity index (χ2v) is 3.52. The summed E-state index contributed by atoms with van der Waals surface area (Å²) in [5.41, 5.74) is 0. The molecule has 2 aromatic rings. The molecule has 0 fully saturated rings. The van der Waals surface area contributed by atoms with E-state index in [1.807, 2.05) is 6.08 Å². The Balaban J connectivity index is 2.20. The second kappa shape index (κ2) is 5.40. The van der Waals surface area contributed by atoms with Crippen LogP contribution in [-0.4, -0.2) is 31.3 Å². The van der Waals surface area contributed by atoms with Gasteiger partial charge in [0.2, 0.25) is 11.2 Å². The summed E-state index contributed by atoms with van der Waals surface area (Å²) in [6, 6.07) is 1.78. The van der Waals surface area contributed by atoms with Gasteiger partial charge in [0.1, 0.15) is 0 Å². The van der Waals surface area contributed by atoms with E-state index in [-0.39, 0.29) is 5.28 Å². The molecule has 2 heterocycles. The summed E-state index contributed by atoms with van der Waals surface area (Å²) >= 11 is 5.82. The third kappa shape index (κ3) is 3.01. The molecular formula is C10H11ClN6. The molecule has 17 heavy (non-hydrogen) atoms. The number of halogens is 1. The van der Waals surface area contributed by atoms with Gasteiger partial charge in [-0.2, -0.15) is 20.1 Å². The summed E-state index contributed by atoms with van der Waals surface area (Å²) < 4.78 is 1.52. The number of nitrogens with one attached hydrogen (secondary N) is 1. The fourth-order valence-corrected chi connectivity index (χ4v) is 1.35. The molecular weight excluding hydrogens is 240 g/mol. The summed E-state index contributed by atoms with van der Waals surface area (Å²) in [6.07, 6.45) is 6.01. The van der Waals surface area contributed by atoms with Crippen LogP contribution in [0, 0.1) is 0 Å². The van der Waals surface area contributed by atoms with E-state index in [1.54, 1.807) is 18.5 Å². The number of aromatic nitrogens is 5. The van der Waals surface area contributed by atoms with Gasteiger partial charge in [-0.15, -0.1) is 6.58 Å². The van der Waals surface area contributed by atoms with Crippen molar-refractivity contribution in [3.8, 4) is 5.95 Å². The molecule has 0 bridgehead atoms. The van der Waals surface area contributed by atoms with E-state index in [0.29, 0.717) is 18.4 Å². The minimum atomic E-state index is 0.131. The van der Waals surface area contributed by atoms with Gasteiger partial charge in [0, 0.05) is 18.9 Å². The van der Waals surface area contributed by atoms with E-state index in [0.717, 1.165) is 6.42 Å². The lowest BCUT2D eigenvalue weighted by Crippen LogP contribution is -2.09. The molecule has 0 amide bonds. The molecule has 0 aliphatic heterocycles. The zero-order chi connectivity index (χ0) is 12.1. The Morgan fingerprint density at radius 3 is 3.00 bits per heavy atom. The standard InChI is InChI=1S/C10H11ClN6/c1-2-3-5-12-9-14-8(11)15-10(16-9)17-7-4-6-13-17/h2,4,6-7H,1,3,5H2,(H,12,14,15,16). The fraction of sp³-hybridized carbons (Fsp3) is 0.200. The molecule has 0 aliphatic carbocycles. The molecule has 7 heteroatoms. The molecule has 0 saturated carbocycles. The number of anilines is 1. The van der Waals surface area contributed by atoms with Gasteiger partial charge in [0.25, 0.3) is 5.95 Å². The topological polar surface area (TPSA) is 68.5 Å². The molecule has 0 unspecified atom stereocenters. The lowest BCUT2D eigenvalue weighted by Gasteiger charge is -2.05. The Bertz CT molecular complexity index is 496. The first kappa shape index (κ1) is 11.5. The van der Waals surface area contributed by atoms with Crippen molar-refractivity contribution >= 4 is 17.5 Å². The van der Waals surface area contributed by atoms with Gasteiger partial charge in [-0.25, -0.2) is 4.68 Å². The lowest BCUT2D eigenvalue weighted by atomic mass is 10.4. The molecule has 88 valence electrons. The van der Waals surface area contributed by atoms with Crippen LogP contribution in [0.2, 0.25) is 5.28 Å². The number of nitrogens with zero attached hydrogens (tertiary/aromatic N) is 5. The number of hydrogen-bond donors (Lipinski definition) is 1. The van der Waals surface area contributed by atoms with E-state index in [1.165, 1.54) is 4.68 Å². The smallest absolute Gasteiger partial charge is 0.256 e. The average Bonchev–Trinajstić information content (AvgIpc) is 2.82. The van der Waals surface area contributed by atoms with Gasteiger partial charge in [0.15, 0.2) is 0 Å². The Labute approximate surface area is 103 Å². The van der Waals surface area contributed by atoms with Crippen LogP contribution in [-0.2, 0) is 0 Å². The van der Waals surface area contributed by atoms with E-state index in [4.69, 9.17) is 11.6 Å². The van der Waals surface area contributed by atoms with Crippen LogP contribution >= 0.6 is 11.6 Å². The van der Waals surface area contributed by atoms with Crippen LogP contribution in [0.25, 0.3) is 5.95 Å². The van der Waals surface area contributed by atoms with E-state index in [2.05, 4.69) is 31.9 Å². The molecule has 0 saturated heterocycles. The minimum Gasteiger partial charge on any atom is -0.354 e. The van der Waals surface area contributed by atoms with E-state index >= 15 is 0 Å². The first-order valence-corrected chi connectivity index (χ1v) is 5.44. The third-order valence-corrected chi connectivity index (χ3v) is 2.11. The number of rotatable bonds is 5. The Morgan fingerprint density at radius 1 is 1.41 bits per heavy atom. The third-order valence-electron chi connectivity index (χ3n) is 1.94. The maximum absolute atomic E-state index is 5.82. The van der Waals surface area contributed by atoms with Crippen LogP contribution in [0.5, 0.6) is 0 Å². The minimum absolute atomic E-state index is 0.131. The van der Waals surface area contributed by atoms with Crippen LogP contribution in [0.1, 0.15) is 6.42 Å². The SMILES string of the molecule is C=CCCNc1nc(Cl)nc(-n2cccn2)n1. The Hall–Kier alpha value is -1.95. The highest BCUT2D eigenvalue weighted by Crippen LogP contribution is 2.08. The summed E-state index contributed by atoms with van der Waals surface area (Å²) in [7, 11) is 0. The molecule has 0 aromatic carbocycles. The molecule has 0 atom stereocenters. The molecule has 1 N–H and O–H groups in total. The van der Waals surface area contributed by atoms with Crippen molar-refractivity contribution < 1.29 is 0 Å². The molecule has 6 nitrogen and oxygen atoms in total. The molecule has 0 spiro atoms. The highest BCUT2D eigenvalue weighted by molar-refractivity contribution is 6.28. The summed E-state index contributed by atoms with van der Waals surface area (Å²) in [5.74, 6) is 0.813. The van der Waals surface area contributed by atoms with Crippen molar-refractivity contribution in [1.82, 2.24) is 24.7 Å². The van der Waals surface area contributed by atoms with Gasteiger partial charge in [-0.1, -0.05) is 6.08 Å². The fourth-order valence-electron chi connectivity index (χ4n) is 1.19. The van der Waals surface area contributed by atoms with Gasteiger partial charge in [-0.05, 0) is 24.1 Å². The first-order chi connectivity index (χ1) is 8.29. The summed E-state index contributed by atoms with van der Waals surface area (Å²) in [6.45, 7) is 4.33. The van der Waals surface area contributed by atoms with Crippen LogP contribution in [0.15, 0.2) is 31.1 Å². The van der Waals surface area contributed by atoms with Gasteiger partial charge >= 0.3 is 0 Å². The Morgan fingerprint density at radius 2 is 2.29 bits per heavy atom. The summed E-state index contributed by atoms with van der Waals surface area (Å²) in [4.78, 5) is 12.2. The first-order valence-electron chi connectivity index (χ1n) is 5.06. The Kier molecular flexibility index (Phi) is 3.66. The summed E-state index contributed by atoms with van der Waals surface area (Å²) in [5, 5.41) is 7.19. The van der Waals surface area contributed by atoms with Gasteiger partial charge in [-0.3, -0.25) is 0 Å². The van der Waals surface area contributed by atoms with Crippen LogP contribution in [0.3, 0.4) is 0 Å². The van der Waals surface area contributed by atoms with Gasteiger partial charge in [0.05, 0.1) is 0 Å². The second-order valence-electron chi connectivity index (χ2n) is 3.18. The van der Waals surface area contributed by atoms with Crippen molar-refractivity contribution in [2.24, 2.45) is 0 Å². The predicted octanol–water partition coefficient (Wildman–Crippen LogP) is 1.70. The van der Waals surface area contributed by atoms with Crippen molar-refractivity contribution in [2.75, 3.05) is 11.9 Å². The van der Waals surface area contributed by atoms with Crippen LogP contribution < -0.4 is 5.32 Å². The zero-order valence-corrected chi connectivity index (χ0v) is 9.80. The zero-order valence-electron chi connectivity index (χ0n) is 9.04. The van der Waals surface area contributed by atoms with Crippen molar-refractivity contribution in [3.63, 3.8) is 0 Å². The van der Waals surface area contributed by atoms with Crippen LogP contribution in [0.4, 0.5) is 5.95 Å². The van der Waals surface area contributed by atoms with Crippen molar-refractivity contribution in [3.05, 3.63) is 36.4 Å². The quantitative estimate of drug-likeness (QED) is 0.646. The normalized spacial score (nSPS) is 10.2. The van der Waals surface area contributed by atoms with Gasteiger partial charge < -0.3 is 5.32 Å². The maximum Gasteiger partial charge on any atom is 0.256 e. The maximum atomic E-state index is 5.82. The molecule has 2 aromatic heterocycles. The molecule has 0 aliphatic rings. The van der Waals surface area contributed by atoms with E-state index < -0.39 is 0 Å². The van der Waals surface area contributed by atoms with E-state index in [9.17, 15) is 0 Å². The molecule has 0 radical (unpaired) electrons. The lowest BCUT2D eigenvalue weighted by molar-refractivity contribution is 0.794. The molecule has 2 rings (SSSR count). The largest absolute Gasteiger partial charge is 0.354 e.